The minimum Gasteiger partial charge on any atom is -0.413 e. The standard InChI is InChI=1S/C24H42ClN3O3SSi2/c1-22(2,3)33(8,9)27-32(25,30)21-17-20(28(26-21)19-15-13-12-14-16-19)24(7,29)18-31-34(10,11)23(4,5)6/h12-17,29H,18H2,1-11H3. The highest BCUT2D eigenvalue weighted by atomic mass is 35.7. The van der Waals surface area contributed by atoms with E-state index in [-0.39, 0.29) is 21.7 Å². The van der Waals surface area contributed by atoms with E-state index in [0.717, 1.165) is 5.69 Å². The average Bonchev–Trinajstić information content (AvgIpc) is 3.12. The van der Waals surface area contributed by atoms with Gasteiger partial charge in [0.15, 0.2) is 30.5 Å². The second-order valence-electron chi connectivity index (χ2n) is 12.3. The van der Waals surface area contributed by atoms with Gasteiger partial charge in [-0.3, -0.25) is 4.03 Å². The number of para-hydroxylation sites is 1. The molecule has 6 nitrogen and oxygen atoms in total. The molecule has 10 heteroatoms. The van der Waals surface area contributed by atoms with Crippen LogP contribution in [-0.2, 0) is 19.0 Å². The van der Waals surface area contributed by atoms with Gasteiger partial charge in [0.05, 0.1) is 18.0 Å². The molecular formula is C24H42ClN3O3SSi2. The molecule has 34 heavy (non-hydrogen) atoms. The van der Waals surface area contributed by atoms with Crippen molar-refractivity contribution in [3.63, 3.8) is 0 Å². The van der Waals surface area contributed by atoms with E-state index in [0.29, 0.717) is 5.69 Å². The molecule has 0 saturated heterocycles. The number of benzene rings is 1. The van der Waals surface area contributed by atoms with Crippen molar-refractivity contribution in [2.75, 3.05) is 6.61 Å². The molecule has 0 aliphatic carbocycles. The van der Waals surface area contributed by atoms with E-state index in [1.54, 1.807) is 17.7 Å². The van der Waals surface area contributed by atoms with Crippen LogP contribution in [0.5, 0.6) is 0 Å². The predicted molar refractivity (Wildman–Crippen MR) is 148 cm³/mol. The van der Waals surface area contributed by atoms with Crippen molar-refractivity contribution in [3.05, 3.63) is 42.1 Å². The van der Waals surface area contributed by atoms with E-state index in [9.17, 15) is 9.32 Å². The van der Waals surface area contributed by atoms with Crippen molar-refractivity contribution in [3.8, 4) is 5.69 Å². The molecule has 0 saturated carbocycles. The molecule has 2 aromatic rings. The maximum absolute atomic E-state index is 13.7. The van der Waals surface area contributed by atoms with Crippen LogP contribution in [0.25, 0.3) is 5.69 Å². The van der Waals surface area contributed by atoms with E-state index >= 15 is 0 Å². The van der Waals surface area contributed by atoms with Crippen LogP contribution in [-0.4, -0.2) is 42.3 Å². The van der Waals surface area contributed by atoms with E-state index in [1.807, 2.05) is 43.4 Å². The van der Waals surface area contributed by atoms with Gasteiger partial charge >= 0.3 is 0 Å². The fourth-order valence-corrected chi connectivity index (χ4v) is 9.83. The zero-order chi connectivity index (χ0) is 26.4. The van der Waals surface area contributed by atoms with Gasteiger partial charge in [0.1, 0.15) is 5.60 Å². The third kappa shape index (κ3) is 6.42. The van der Waals surface area contributed by atoms with Crippen LogP contribution in [0.3, 0.4) is 0 Å². The van der Waals surface area contributed by atoms with E-state index in [1.165, 1.54) is 0 Å². The smallest absolute Gasteiger partial charge is 0.194 e. The van der Waals surface area contributed by atoms with Gasteiger partial charge in [-0.1, -0.05) is 59.7 Å². The summed E-state index contributed by atoms with van der Waals surface area (Å²) in [6.07, 6.45) is 0. The highest BCUT2D eigenvalue weighted by Crippen LogP contribution is 2.40. The lowest BCUT2D eigenvalue weighted by Crippen LogP contribution is -2.45. The molecule has 0 radical (unpaired) electrons. The van der Waals surface area contributed by atoms with Crippen molar-refractivity contribution in [1.82, 2.24) is 9.78 Å². The summed E-state index contributed by atoms with van der Waals surface area (Å²) in [5.41, 5.74) is -0.193. The largest absolute Gasteiger partial charge is 0.413 e. The molecule has 0 aliphatic heterocycles. The fourth-order valence-electron chi connectivity index (χ4n) is 2.72. The van der Waals surface area contributed by atoms with Gasteiger partial charge in [-0.2, -0.15) is 5.10 Å². The third-order valence-electron chi connectivity index (χ3n) is 7.20. The fraction of sp³-hybridized carbons (Fsp3) is 0.625. The third-order valence-corrected chi connectivity index (χ3v) is 19.9. The van der Waals surface area contributed by atoms with Crippen molar-refractivity contribution in [2.45, 2.75) is 95.4 Å². The molecule has 1 aromatic heterocycles. The minimum atomic E-state index is -3.30. The van der Waals surface area contributed by atoms with Crippen LogP contribution < -0.4 is 0 Å². The molecule has 2 atom stereocenters. The maximum atomic E-state index is 13.7. The van der Waals surface area contributed by atoms with E-state index in [4.69, 9.17) is 15.1 Å². The Balaban J connectivity index is 2.64. The molecule has 0 bridgehead atoms. The van der Waals surface area contributed by atoms with Gasteiger partial charge in [-0.15, -0.1) is 0 Å². The monoisotopic (exact) mass is 543 g/mol. The topological polar surface area (TPSA) is 76.7 Å². The Bertz CT molecular complexity index is 1120. The van der Waals surface area contributed by atoms with Gasteiger partial charge in [0, 0.05) is 16.7 Å². The summed E-state index contributed by atoms with van der Waals surface area (Å²) in [6.45, 7) is 22.9. The van der Waals surface area contributed by atoms with Gasteiger partial charge in [0.25, 0.3) is 0 Å². The second-order valence-corrected chi connectivity index (χ2v) is 25.0. The summed E-state index contributed by atoms with van der Waals surface area (Å²) >= 11 is 0. The lowest BCUT2D eigenvalue weighted by atomic mass is 10.0. The number of rotatable bonds is 7. The van der Waals surface area contributed by atoms with E-state index in [2.05, 4.69) is 63.8 Å². The zero-order valence-electron chi connectivity index (χ0n) is 22.6. The molecule has 1 N–H and O–H groups in total. The Morgan fingerprint density at radius 2 is 1.56 bits per heavy atom. The molecule has 1 heterocycles. The Morgan fingerprint density at radius 1 is 1.03 bits per heavy atom. The molecule has 2 rings (SSSR count). The highest BCUT2D eigenvalue weighted by molar-refractivity contribution is 8.16. The van der Waals surface area contributed by atoms with Crippen molar-refractivity contribution in [2.24, 2.45) is 4.03 Å². The number of hydrogen-bond acceptors (Lipinski definition) is 5. The molecule has 0 fully saturated rings. The minimum absolute atomic E-state index is 0.000417. The summed E-state index contributed by atoms with van der Waals surface area (Å²) in [5, 5.41) is 16.2. The molecule has 0 spiro atoms. The number of halogens is 1. The first kappa shape index (κ1) is 29.3. The number of aliphatic hydroxyl groups is 1. The molecular weight excluding hydrogens is 502 g/mol. The SMILES string of the molecule is CC(O)(CO[Si](C)(C)C(C)(C)C)c1cc(S(=O)(Cl)=N[Si](C)(C)C(C)(C)C)nn1-c1ccccc1. The first-order valence-electron chi connectivity index (χ1n) is 11.6. The van der Waals surface area contributed by atoms with Crippen LogP contribution in [0.1, 0.15) is 54.2 Å². The summed E-state index contributed by atoms with van der Waals surface area (Å²) < 4.78 is 26.3. The van der Waals surface area contributed by atoms with Gasteiger partial charge < -0.3 is 9.53 Å². The molecule has 0 aliphatic rings. The van der Waals surface area contributed by atoms with Crippen LogP contribution in [0.4, 0.5) is 0 Å². The Hall–Kier alpha value is -0.976. The van der Waals surface area contributed by atoms with Crippen molar-refractivity contribution in [1.29, 1.82) is 0 Å². The lowest BCUT2D eigenvalue weighted by molar-refractivity contribution is -0.00292. The van der Waals surface area contributed by atoms with Crippen molar-refractivity contribution >= 4 is 36.2 Å². The Morgan fingerprint density at radius 3 is 2.03 bits per heavy atom. The number of hydrogen-bond donors (Lipinski definition) is 1. The summed E-state index contributed by atoms with van der Waals surface area (Å²) in [5.74, 6) is 0. The highest BCUT2D eigenvalue weighted by Gasteiger charge is 2.41. The molecule has 1 aromatic carbocycles. The predicted octanol–water partition coefficient (Wildman–Crippen LogP) is 7.09. The summed E-state index contributed by atoms with van der Waals surface area (Å²) in [6, 6.07) is 11.1. The van der Waals surface area contributed by atoms with Crippen LogP contribution in [0.15, 0.2) is 45.5 Å². The Kier molecular flexibility index (Phi) is 8.16. The van der Waals surface area contributed by atoms with Gasteiger partial charge in [-0.25, -0.2) is 8.89 Å². The van der Waals surface area contributed by atoms with E-state index < -0.39 is 31.1 Å². The first-order chi connectivity index (χ1) is 15.1. The van der Waals surface area contributed by atoms with Gasteiger partial charge in [-0.05, 0) is 55.3 Å². The molecule has 0 amide bonds. The summed E-state index contributed by atoms with van der Waals surface area (Å²) in [4.78, 5) is 0. The zero-order valence-corrected chi connectivity index (χ0v) is 26.1. The second kappa shape index (κ2) is 9.48. The quantitative estimate of drug-likeness (QED) is 0.299. The van der Waals surface area contributed by atoms with Crippen LogP contribution >= 0.6 is 10.7 Å². The maximum Gasteiger partial charge on any atom is 0.194 e. The lowest BCUT2D eigenvalue weighted by Gasteiger charge is -2.38. The normalized spacial score (nSPS) is 17.2. The first-order valence-corrected chi connectivity index (χ1v) is 19.8. The average molecular weight is 544 g/mol. The molecule has 192 valence electrons. The molecule has 2 unspecified atom stereocenters. The van der Waals surface area contributed by atoms with Crippen molar-refractivity contribution < 1.29 is 13.7 Å². The number of nitrogens with zero attached hydrogens (tertiary/aromatic N) is 3. The number of aromatic nitrogens is 2. The summed E-state index contributed by atoms with van der Waals surface area (Å²) in [7, 11) is -1.15. The van der Waals surface area contributed by atoms with Crippen LogP contribution in [0, 0.1) is 0 Å². The van der Waals surface area contributed by atoms with Gasteiger partial charge in [0.2, 0.25) is 0 Å². The van der Waals surface area contributed by atoms with Crippen LogP contribution in [0.2, 0.25) is 36.3 Å². The Labute approximate surface area is 213 Å².